The topological polar surface area (TPSA) is 75.3 Å². The lowest BCUT2D eigenvalue weighted by molar-refractivity contribution is 0.231. The van der Waals surface area contributed by atoms with Crippen LogP contribution in [0.2, 0.25) is 0 Å². The summed E-state index contributed by atoms with van der Waals surface area (Å²) in [5.74, 6) is 0. The molecule has 0 aliphatic rings. The van der Waals surface area contributed by atoms with Crippen molar-refractivity contribution in [1.29, 1.82) is 0 Å². The highest BCUT2D eigenvalue weighted by atomic mass is 32.2. The molecule has 0 unspecified atom stereocenters. The molecule has 0 spiro atoms. The Hall–Kier alpha value is -1.56. The van der Waals surface area contributed by atoms with Crippen molar-refractivity contribution in [3.8, 4) is 0 Å². The van der Waals surface area contributed by atoms with E-state index in [4.69, 9.17) is 0 Å². The molecular formula is C15H24N2O3S. The second-order valence-corrected chi connectivity index (χ2v) is 8.80. The van der Waals surface area contributed by atoms with E-state index < -0.39 is 15.1 Å². The summed E-state index contributed by atoms with van der Waals surface area (Å²) in [6.07, 6.45) is 0. The zero-order valence-electron chi connectivity index (χ0n) is 13.2. The Morgan fingerprint density at radius 3 is 2.10 bits per heavy atom. The fourth-order valence-corrected chi connectivity index (χ4v) is 2.70. The molecule has 118 valence electrons. The first-order valence-corrected chi connectivity index (χ1v) is 8.46. The van der Waals surface area contributed by atoms with E-state index in [0.29, 0.717) is 11.4 Å². The van der Waals surface area contributed by atoms with E-state index in [0.717, 1.165) is 5.56 Å². The fraction of sp³-hybridized carbons (Fsp3) is 0.533. The molecule has 0 radical (unpaired) electrons. The minimum atomic E-state index is -3.25. The number of nitrogens with one attached hydrogen (secondary N) is 2. The first-order valence-electron chi connectivity index (χ1n) is 6.91. The molecule has 0 fully saturated rings. The van der Waals surface area contributed by atoms with Crippen LogP contribution < -0.4 is 10.6 Å². The maximum Gasteiger partial charge on any atom is 0.315 e. The van der Waals surface area contributed by atoms with Gasteiger partial charge in [0, 0.05) is 12.1 Å². The van der Waals surface area contributed by atoms with Crippen LogP contribution in [0.25, 0.3) is 0 Å². The second kappa shape index (κ2) is 6.47. The maximum absolute atomic E-state index is 12.0. The number of benzene rings is 1. The summed E-state index contributed by atoms with van der Waals surface area (Å²) in [5.41, 5.74) is 0.556. The molecule has 0 saturated heterocycles. The molecule has 5 nitrogen and oxygen atoms in total. The number of carbonyl (C=O) groups excluding carboxylic acids is 1. The van der Waals surface area contributed by atoms with E-state index in [9.17, 15) is 13.2 Å². The summed E-state index contributed by atoms with van der Waals surface area (Å²) >= 11 is 0. The number of rotatable bonds is 4. The van der Waals surface area contributed by atoms with Gasteiger partial charge in [0.25, 0.3) is 0 Å². The first-order chi connectivity index (χ1) is 9.52. The average molecular weight is 312 g/mol. The van der Waals surface area contributed by atoms with Crippen LogP contribution in [0.3, 0.4) is 0 Å². The number of amides is 2. The van der Waals surface area contributed by atoms with E-state index >= 15 is 0 Å². The van der Waals surface area contributed by atoms with Gasteiger partial charge in [-0.3, -0.25) is 0 Å². The summed E-state index contributed by atoms with van der Waals surface area (Å²) in [6, 6.07) is 6.34. The highest BCUT2D eigenvalue weighted by molar-refractivity contribution is 7.92. The summed E-state index contributed by atoms with van der Waals surface area (Å²) in [5, 5.41) is 5.09. The third-order valence-electron chi connectivity index (χ3n) is 2.81. The van der Waals surface area contributed by atoms with Gasteiger partial charge >= 0.3 is 6.03 Å². The van der Waals surface area contributed by atoms with Gasteiger partial charge in [-0.1, -0.05) is 12.1 Å². The van der Waals surface area contributed by atoms with Gasteiger partial charge in [-0.15, -0.1) is 0 Å². The fourth-order valence-electron chi connectivity index (χ4n) is 1.64. The SMILES string of the molecule is CC(C)S(=O)(=O)c1ccc(CNC(=O)NC(C)(C)C)cc1. The average Bonchev–Trinajstić information content (AvgIpc) is 2.34. The second-order valence-electron chi connectivity index (χ2n) is 6.30. The Bertz CT molecular complexity index is 584. The van der Waals surface area contributed by atoms with Crippen molar-refractivity contribution in [2.75, 3.05) is 0 Å². The molecule has 0 aromatic heterocycles. The quantitative estimate of drug-likeness (QED) is 0.897. The molecule has 0 atom stereocenters. The molecule has 1 aromatic rings. The summed E-state index contributed by atoms with van der Waals surface area (Å²) in [4.78, 5) is 11.9. The van der Waals surface area contributed by atoms with E-state index in [1.54, 1.807) is 38.1 Å². The number of carbonyl (C=O) groups is 1. The monoisotopic (exact) mass is 312 g/mol. The van der Waals surface area contributed by atoms with Crippen LogP contribution in [0, 0.1) is 0 Å². The van der Waals surface area contributed by atoms with Gasteiger partial charge in [0.05, 0.1) is 10.1 Å². The first kappa shape index (κ1) is 17.5. The van der Waals surface area contributed by atoms with Crippen molar-refractivity contribution in [3.63, 3.8) is 0 Å². The Morgan fingerprint density at radius 1 is 1.14 bits per heavy atom. The van der Waals surface area contributed by atoms with Gasteiger partial charge in [-0.2, -0.15) is 0 Å². The zero-order valence-corrected chi connectivity index (χ0v) is 14.0. The molecule has 21 heavy (non-hydrogen) atoms. The van der Waals surface area contributed by atoms with Crippen molar-refractivity contribution in [2.45, 2.75) is 56.8 Å². The van der Waals surface area contributed by atoms with Gasteiger partial charge < -0.3 is 10.6 Å². The van der Waals surface area contributed by atoms with Crippen LogP contribution in [0.1, 0.15) is 40.2 Å². The molecule has 0 bridgehead atoms. The Labute approximate surface area is 127 Å². The van der Waals surface area contributed by atoms with Gasteiger partial charge in [0.15, 0.2) is 9.84 Å². The summed E-state index contributed by atoms with van der Waals surface area (Å²) in [7, 11) is -3.25. The lowest BCUT2D eigenvalue weighted by atomic mass is 10.1. The standard InChI is InChI=1S/C15H24N2O3S/c1-11(2)21(19,20)13-8-6-12(7-9-13)10-16-14(18)17-15(3,4)5/h6-9,11H,10H2,1-5H3,(H2,16,17,18). The third-order valence-corrected chi connectivity index (χ3v) is 4.98. The van der Waals surface area contributed by atoms with Crippen LogP contribution in [-0.4, -0.2) is 25.2 Å². The normalized spacial score (nSPS) is 12.3. The molecule has 0 aliphatic heterocycles. The largest absolute Gasteiger partial charge is 0.334 e. The molecule has 0 saturated carbocycles. The predicted molar refractivity (Wildman–Crippen MR) is 83.9 cm³/mol. The van der Waals surface area contributed by atoms with Crippen molar-refractivity contribution in [2.24, 2.45) is 0 Å². The van der Waals surface area contributed by atoms with E-state index in [1.165, 1.54) is 0 Å². The zero-order chi connectivity index (χ0) is 16.3. The Balaban J connectivity index is 2.66. The minimum absolute atomic E-state index is 0.249. The van der Waals surface area contributed by atoms with Gasteiger partial charge in [0.1, 0.15) is 0 Å². The smallest absolute Gasteiger partial charge is 0.315 e. The lowest BCUT2D eigenvalue weighted by Gasteiger charge is -2.20. The van der Waals surface area contributed by atoms with Gasteiger partial charge in [-0.25, -0.2) is 13.2 Å². The Kier molecular flexibility index (Phi) is 5.39. The van der Waals surface area contributed by atoms with Crippen LogP contribution in [0.4, 0.5) is 4.79 Å². The number of hydrogen-bond donors (Lipinski definition) is 2. The molecule has 0 aliphatic carbocycles. The third kappa shape index (κ3) is 5.38. The van der Waals surface area contributed by atoms with E-state index in [2.05, 4.69) is 10.6 Å². The lowest BCUT2D eigenvalue weighted by Crippen LogP contribution is -2.46. The number of sulfone groups is 1. The van der Waals surface area contributed by atoms with Crippen molar-refractivity contribution >= 4 is 15.9 Å². The van der Waals surface area contributed by atoms with Crippen molar-refractivity contribution in [1.82, 2.24) is 10.6 Å². The predicted octanol–water partition coefficient (Wildman–Crippen LogP) is 2.47. The Morgan fingerprint density at radius 2 is 1.67 bits per heavy atom. The highest BCUT2D eigenvalue weighted by Gasteiger charge is 2.18. The van der Waals surface area contributed by atoms with Crippen molar-refractivity contribution in [3.05, 3.63) is 29.8 Å². The van der Waals surface area contributed by atoms with Crippen LogP contribution >= 0.6 is 0 Å². The molecule has 1 aromatic carbocycles. The van der Waals surface area contributed by atoms with Crippen LogP contribution in [-0.2, 0) is 16.4 Å². The summed E-state index contributed by atoms with van der Waals surface area (Å²) in [6.45, 7) is 9.36. The van der Waals surface area contributed by atoms with Crippen LogP contribution in [0.5, 0.6) is 0 Å². The van der Waals surface area contributed by atoms with Crippen LogP contribution in [0.15, 0.2) is 29.2 Å². The van der Waals surface area contributed by atoms with Crippen molar-refractivity contribution < 1.29 is 13.2 Å². The number of urea groups is 1. The number of hydrogen-bond acceptors (Lipinski definition) is 3. The van der Waals surface area contributed by atoms with Gasteiger partial charge in [-0.05, 0) is 52.3 Å². The molecule has 0 heterocycles. The molecule has 1 rings (SSSR count). The molecular weight excluding hydrogens is 288 g/mol. The maximum atomic E-state index is 12.0. The summed E-state index contributed by atoms with van der Waals surface area (Å²) < 4.78 is 24.0. The molecule has 2 amide bonds. The highest BCUT2D eigenvalue weighted by Crippen LogP contribution is 2.16. The van der Waals surface area contributed by atoms with Gasteiger partial charge in [0.2, 0.25) is 0 Å². The molecule has 2 N–H and O–H groups in total. The molecule has 6 heteroatoms. The van der Waals surface area contributed by atoms with E-state index in [-0.39, 0.29) is 11.6 Å². The van der Waals surface area contributed by atoms with E-state index in [1.807, 2.05) is 20.8 Å². The minimum Gasteiger partial charge on any atom is -0.334 e.